The molecule has 1 amide bonds. The van der Waals surface area contributed by atoms with Crippen LogP contribution in [0.25, 0.3) is 0 Å². The Kier molecular flexibility index (Phi) is 4.61. The van der Waals surface area contributed by atoms with E-state index in [9.17, 15) is 9.59 Å². The molecule has 0 aliphatic heterocycles. The molecular formula is C15H19NO4. The fourth-order valence-electron chi connectivity index (χ4n) is 2.33. The zero-order chi connectivity index (χ0) is 14.5. The number of amides is 1. The van der Waals surface area contributed by atoms with Gasteiger partial charge in [0.15, 0.2) is 0 Å². The summed E-state index contributed by atoms with van der Waals surface area (Å²) in [5, 5.41) is 2.96. The van der Waals surface area contributed by atoms with E-state index in [-0.39, 0.29) is 17.7 Å². The van der Waals surface area contributed by atoms with E-state index in [1.165, 1.54) is 7.11 Å². The molecule has 1 aromatic rings. The summed E-state index contributed by atoms with van der Waals surface area (Å²) in [5.41, 5.74) is 0.477. The molecule has 0 bridgehead atoms. The van der Waals surface area contributed by atoms with E-state index in [4.69, 9.17) is 9.47 Å². The lowest BCUT2D eigenvalue weighted by molar-refractivity contribution is -0.120. The number of rotatable bonds is 4. The van der Waals surface area contributed by atoms with Crippen LogP contribution in [0.15, 0.2) is 18.2 Å². The summed E-state index contributed by atoms with van der Waals surface area (Å²) in [5.74, 6) is 1.22. The molecule has 1 aliphatic rings. The van der Waals surface area contributed by atoms with E-state index in [0.29, 0.717) is 42.7 Å². The monoisotopic (exact) mass is 277 g/mol. The van der Waals surface area contributed by atoms with Crippen LogP contribution in [-0.4, -0.2) is 32.0 Å². The van der Waals surface area contributed by atoms with Gasteiger partial charge in [-0.2, -0.15) is 0 Å². The van der Waals surface area contributed by atoms with Gasteiger partial charge in [0.2, 0.25) is 0 Å². The number of carbonyl (C=O) groups is 2. The van der Waals surface area contributed by atoms with Gasteiger partial charge in [-0.1, -0.05) is 0 Å². The molecule has 0 unspecified atom stereocenters. The van der Waals surface area contributed by atoms with Crippen LogP contribution in [0.5, 0.6) is 11.5 Å². The SMILES string of the molecule is COc1ccc(C(=O)NC2CCC(=O)CC2)c(OC)c1. The molecule has 5 heteroatoms. The molecule has 1 aromatic carbocycles. The maximum absolute atomic E-state index is 12.3. The quantitative estimate of drug-likeness (QED) is 0.913. The Hall–Kier alpha value is -2.04. The molecule has 1 N–H and O–H groups in total. The normalized spacial score (nSPS) is 15.8. The average molecular weight is 277 g/mol. The first-order valence-corrected chi connectivity index (χ1v) is 6.68. The van der Waals surface area contributed by atoms with Crippen LogP contribution in [0.3, 0.4) is 0 Å². The van der Waals surface area contributed by atoms with E-state index in [0.717, 1.165) is 0 Å². The minimum atomic E-state index is -0.177. The van der Waals surface area contributed by atoms with Gasteiger partial charge < -0.3 is 14.8 Å². The first-order valence-electron chi connectivity index (χ1n) is 6.68. The zero-order valence-corrected chi connectivity index (χ0v) is 11.8. The maximum atomic E-state index is 12.3. The minimum absolute atomic E-state index is 0.0620. The Balaban J connectivity index is 2.07. The third-order valence-corrected chi connectivity index (χ3v) is 3.53. The summed E-state index contributed by atoms with van der Waals surface area (Å²) in [4.78, 5) is 23.4. The van der Waals surface area contributed by atoms with Gasteiger partial charge in [-0.05, 0) is 25.0 Å². The molecule has 0 heterocycles. The van der Waals surface area contributed by atoms with Crippen LogP contribution in [0, 0.1) is 0 Å². The fourth-order valence-corrected chi connectivity index (χ4v) is 2.33. The highest BCUT2D eigenvalue weighted by molar-refractivity contribution is 5.97. The number of ketones is 1. The summed E-state index contributed by atoms with van der Waals surface area (Å²) < 4.78 is 10.3. The summed E-state index contributed by atoms with van der Waals surface area (Å²) in [6, 6.07) is 5.15. The van der Waals surface area contributed by atoms with Crippen LogP contribution in [0.2, 0.25) is 0 Å². The summed E-state index contributed by atoms with van der Waals surface area (Å²) in [6.45, 7) is 0. The average Bonchev–Trinajstić information content (AvgIpc) is 2.48. The van der Waals surface area contributed by atoms with Crippen molar-refractivity contribution in [2.24, 2.45) is 0 Å². The number of nitrogens with one attached hydrogen (secondary N) is 1. The van der Waals surface area contributed by atoms with Crippen LogP contribution < -0.4 is 14.8 Å². The second kappa shape index (κ2) is 6.41. The highest BCUT2D eigenvalue weighted by Gasteiger charge is 2.22. The molecule has 2 rings (SSSR count). The summed E-state index contributed by atoms with van der Waals surface area (Å²) in [7, 11) is 3.08. The van der Waals surface area contributed by atoms with E-state index in [2.05, 4.69) is 5.32 Å². The van der Waals surface area contributed by atoms with E-state index in [1.54, 1.807) is 25.3 Å². The van der Waals surface area contributed by atoms with Crippen LogP contribution in [0.4, 0.5) is 0 Å². The van der Waals surface area contributed by atoms with E-state index in [1.807, 2.05) is 0 Å². The highest BCUT2D eigenvalue weighted by Crippen LogP contribution is 2.25. The number of hydrogen-bond donors (Lipinski definition) is 1. The van der Waals surface area contributed by atoms with Gasteiger partial charge in [-0.3, -0.25) is 9.59 Å². The number of ether oxygens (including phenoxy) is 2. The van der Waals surface area contributed by atoms with Crippen molar-refractivity contribution in [2.45, 2.75) is 31.7 Å². The molecule has 0 saturated heterocycles. The lowest BCUT2D eigenvalue weighted by Crippen LogP contribution is -2.37. The molecule has 1 fully saturated rings. The van der Waals surface area contributed by atoms with Crippen molar-refractivity contribution in [3.8, 4) is 11.5 Å². The van der Waals surface area contributed by atoms with Gasteiger partial charge in [0.25, 0.3) is 5.91 Å². The lowest BCUT2D eigenvalue weighted by atomic mass is 9.94. The van der Waals surface area contributed by atoms with E-state index < -0.39 is 0 Å². The number of methoxy groups -OCH3 is 2. The smallest absolute Gasteiger partial charge is 0.255 e. The summed E-state index contributed by atoms with van der Waals surface area (Å²) >= 11 is 0. The predicted octanol–water partition coefficient (Wildman–Crippen LogP) is 1.95. The molecule has 5 nitrogen and oxygen atoms in total. The molecular weight excluding hydrogens is 258 g/mol. The van der Waals surface area contributed by atoms with Crippen molar-refractivity contribution >= 4 is 11.7 Å². The summed E-state index contributed by atoms with van der Waals surface area (Å²) in [6.07, 6.45) is 2.52. The largest absolute Gasteiger partial charge is 0.497 e. The minimum Gasteiger partial charge on any atom is -0.497 e. The second-order valence-electron chi connectivity index (χ2n) is 4.85. The van der Waals surface area contributed by atoms with Crippen molar-refractivity contribution in [3.05, 3.63) is 23.8 Å². The fraction of sp³-hybridized carbons (Fsp3) is 0.467. The van der Waals surface area contributed by atoms with Crippen molar-refractivity contribution in [1.29, 1.82) is 0 Å². The van der Waals surface area contributed by atoms with Crippen molar-refractivity contribution in [1.82, 2.24) is 5.32 Å². The highest BCUT2D eigenvalue weighted by atomic mass is 16.5. The Bertz CT molecular complexity index is 503. The van der Waals surface area contributed by atoms with Crippen molar-refractivity contribution < 1.29 is 19.1 Å². The number of hydrogen-bond acceptors (Lipinski definition) is 4. The predicted molar refractivity (Wildman–Crippen MR) is 74.3 cm³/mol. The van der Waals surface area contributed by atoms with Crippen molar-refractivity contribution in [2.75, 3.05) is 14.2 Å². The van der Waals surface area contributed by atoms with Crippen LogP contribution >= 0.6 is 0 Å². The second-order valence-corrected chi connectivity index (χ2v) is 4.85. The number of benzene rings is 1. The molecule has 108 valence electrons. The Morgan fingerprint density at radius 1 is 1.20 bits per heavy atom. The van der Waals surface area contributed by atoms with E-state index >= 15 is 0 Å². The third-order valence-electron chi connectivity index (χ3n) is 3.53. The van der Waals surface area contributed by atoms with Crippen molar-refractivity contribution in [3.63, 3.8) is 0 Å². The van der Waals surface area contributed by atoms with Gasteiger partial charge >= 0.3 is 0 Å². The molecule has 1 aliphatic carbocycles. The van der Waals surface area contributed by atoms with Gasteiger partial charge in [0, 0.05) is 24.9 Å². The van der Waals surface area contributed by atoms with Gasteiger partial charge in [0.1, 0.15) is 17.3 Å². The topological polar surface area (TPSA) is 64.6 Å². The zero-order valence-electron chi connectivity index (χ0n) is 11.8. The van der Waals surface area contributed by atoms with Gasteiger partial charge in [-0.25, -0.2) is 0 Å². The first kappa shape index (κ1) is 14.4. The standard InChI is InChI=1S/C15H19NO4/c1-19-12-7-8-13(14(9-12)20-2)15(18)16-10-3-5-11(17)6-4-10/h7-10H,3-6H2,1-2H3,(H,16,18). The number of carbonyl (C=O) groups excluding carboxylic acids is 2. The molecule has 0 radical (unpaired) electrons. The third kappa shape index (κ3) is 3.29. The van der Waals surface area contributed by atoms with Crippen LogP contribution in [-0.2, 0) is 4.79 Å². The number of Topliss-reactive ketones (excluding diaryl/α,β-unsaturated/α-hetero) is 1. The lowest BCUT2D eigenvalue weighted by Gasteiger charge is -2.22. The van der Waals surface area contributed by atoms with Gasteiger partial charge in [-0.15, -0.1) is 0 Å². The van der Waals surface area contributed by atoms with Crippen LogP contribution in [0.1, 0.15) is 36.0 Å². The molecule has 0 spiro atoms. The Labute approximate surface area is 118 Å². The first-order chi connectivity index (χ1) is 9.63. The Morgan fingerprint density at radius 3 is 2.50 bits per heavy atom. The molecule has 1 saturated carbocycles. The Morgan fingerprint density at radius 2 is 1.90 bits per heavy atom. The maximum Gasteiger partial charge on any atom is 0.255 e. The molecule has 0 atom stereocenters. The molecule has 20 heavy (non-hydrogen) atoms. The van der Waals surface area contributed by atoms with Gasteiger partial charge in [0.05, 0.1) is 19.8 Å². The molecule has 0 aromatic heterocycles.